The van der Waals surface area contributed by atoms with E-state index in [1.54, 1.807) is 0 Å². The third kappa shape index (κ3) is 4.86. The van der Waals surface area contributed by atoms with E-state index in [2.05, 4.69) is 9.47 Å². The topological polar surface area (TPSA) is 82.1 Å². The van der Waals surface area contributed by atoms with Crippen molar-refractivity contribution in [2.75, 3.05) is 33.9 Å². The summed E-state index contributed by atoms with van der Waals surface area (Å²) in [5, 5.41) is 0. The molecule has 1 saturated heterocycles. The van der Waals surface area contributed by atoms with Gasteiger partial charge in [0.05, 0.1) is 14.2 Å². The van der Waals surface area contributed by atoms with Crippen molar-refractivity contribution in [2.24, 2.45) is 0 Å². The number of methoxy groups -OCH3 is 2. The molecular weight excluding hydrogens is 254 g/mol. The van der Waals surface area contributed by atoms with Crippen LogP contribution in [0.4, 0.5) is 0 Å². The van der Waals surface area contributed by atoms with Gasteiger partial charge in [0.25, 0.3) is 5.91 Å². The Bertz CT molecular complexity index is 319. The molecule has 0 aromatic rings. The van der Waals surface area contributed by atoms with Crippen LogP contribution in [0.1, 0.15) is 19.3 Å². The summed E-state index contributed by atoms with van der Waals surface area (Å²) in [7, 11) is 2.44. The molecule has 0 aromatic carbocycles. The van der Waals surface area contributed by atoms with Gasteiger partial charge in [-0.2, -0.15) is 0 Å². The first-order valence-electron chi connectivity index (χ1n) is 6.12. The highest BCUT2D eigenvalue weighted by molar-refractivity contribution is 5.88. The fourth-order valence-electron chi connectivity index (χ4n) is 1.79. The van der Waals surface area contributed by atoms with Crippen LogP contribution in [0.2, 0.25) is 0 Å². The van der Waals surface area contributed by atoms with Crippen LogP contribution in [0, 0.1) is 0 Å². The molecule has 0 spiro atoms. The fourth-order valence-corrected chi connectivity index (χ4v) is 1.79. The van der Waals surface area contributed by atoms with E-state index in [1.165, 1.54) is 14.2 Å². The van der Waals surface area contributed by atoms with E-state index < -0.39 is 18.0 Å². The Morgan fingerprint density at radius 2 is 1.68 bits per heavy atom. The van der Waals surface area contributed by atoms with Crippen molar-refractivity contribution in [1.82, 2.24) is 4.90 Å². The van der Waals surface area contributed by atoms with E-state index in [4.69, 9.17) is 4.74 Å². The molecule has 1 heterocycles. The van der Waals surface area contributed by atoms with Gasteiger partial charge in [-0.05, 0) is 19.3 Å². The molecule has 1 unspecified atom stereocenters. The van der Waals surface area contributed by atoms with E-state index in [9.17, 15) is 14.4 Å². The van der Waals surface area contributed by atoms with Gasteiger partial charge < -0.3 is 19.1 Å². The molecule has 0 saturated carbocycles. The lowest BCUT2D eigenvalue weighted by Gasteiger charge is -2.27. The number of amides is 1. The first-order chi connectivity index (χ1) is 9.08. The zero-order valence-corrected chi connectivity index (χ0v) is 11.2. The van der Waals surface area contributed by atoms with Crippen LogP contribution < -0.4 is 0 Å². The van der Waals surface area contributed by atoms with Crippen molar-refractivity contribution < 1.29 is 28.6 Å². The molecule has 0 bridgehead atoms. The summed E-state index contributed by atoms with van der Waals surface area (Å²) in [4.78, 5) is 35.8. The van der Waals surface area contributed by atoms with Crippen LogP contribution in [-0.4, -0.2) is 62.8 Å². The number of nitrogens with zero attached hydrogens (tertiary/aromatic N) is 1. The summed E-state index contributed by atoms with van der Waals surface area (Å²) in [6.45, 7) is -0.0602. The highest BCUT2D eigenvalue weighted by Gasteiger charge is 2.29. The van der Waals surface area contributed by atoms with Crippen molar-refractivity contribution >= 4 is 17.8 Å². The van der Waals surface area contributed by atoms with Crippen molar-refractivity contribution in [3.8, 4) is 0 Å². The highest BCUT2D eigenvalue weighted by Crippen LogP contribution is 2.15. The van der Waals surface area contributed by atoms with E-state index in [1.807, 2.05) is 0 Å². The number of carbonyl (C=O) groups excluding carboxylic acids is 3. The van der Waals surface area contributed by atoms with Gasteiger partial charge in [-0.15, -0.1) is 0 Å². The fraction of sp³-hybridized carbons (Fsp3) is 0.750. The highest BCUT2D eigenvalue weighted by atomic mass is 16.5. The molecule has 1 aliphatic heterocycles. The summed E-state index contributed by atoms with van der Waals surface area (Å²) in [5.74, 6) is -1.56. The molecule has 1 atom stereocenters. The maximum atomic E-state index is 12.2. The van der Waals surface area contributed by atoms with Gasteiger partial charge in [-0.3, -0.25) is 14.4 Å². The van der Waals surface area contributed by atoms with Crippen LogP contribution in [0.15, 0.2) is 0 Å². The minimum Gasteiger partial charge on any atom is -0.468 e. The van der Waals surface area contributed by atoms with E-state index in [-0.39, 0.29) is 19.0 Å². The SMILES string of the molecule is COC(=O)CN(CC(=O)OC)C(=O)C1CCCCO1. The Labute approximate surface area is 111 Å². The number of carbonyl (C=O) groups is 3. The number of esters is 2. The number of ether oxygens (including phenoxy) is 3. The van der Waals surface area contributed by atoms with Gasteiger partial charge in [-0.1, -0.05) is 0 Å². The Morgan fingerprint density at radius 1 is 1.11 bits per heavy atom. The first kappa shape index (κ1) is 15.4. The van der Waals surface area contributed by atoms with Gasteiger partial charge in [-0.25, -0.2) is 0 Å². The summed E-state index contributed by atoms with van der Waals surface area (Å²) in [6, 6.07) is 0. The molecule has 0 radical (unpaired) electrons. The molecule has 1 aliphatic rings. The average Bonchev–Trinajstić information content (AvgIpc) is 2.46. The Hall–Kier alpha value is -1.63. The Morgan fingerprint density at radius 3 is 2.11 bits per heavy atom. The number of rotatable bonds is 5. The van der Waals surface area contributed by atoms with Crippen LogP contribution >= 0.6 is 0 Å². The van der Waals surface area contributed by atoms with Crippen LogP contribution in [0.3, 0.4) is 0 Å². The summed E-state index contributed by atoms with van der Waals surface area (Å²) < 4.78 is 14.4. The predicted molar refractivity (Wildman–Crippen MR) is 64.2 cm³/mol. The second-order valence-corrected chi connectivity index (χ2v) is 4.20. The van der Waals surface area contributed by atoms with Crippen LogP contribution in [-0.2, 0) is 28.6 Å². The third-order valence-electron chi connectivity index (χ3n) is 2.86. The maximum absolute atomic E-state index is 12.2. The monoisotopic (exact) mass is 273 g/mol. The maximum Gasteiger partial charge on any atom is 0.325 e. The largest absolute Gasteiger partial charge is 0.468 e. The second kappa shape index (κ2) is 7.73. The van der Waals surface area contributed by atoms with Gasteiger partial charge >= 0.3 is 11.9 Å². The normalized spacial score (nSPS) is 18.5. The number of hydrogen-bond donors (Lipinski definition) is 0. The Kier molecular flexibility index (Phi) is 6.27. The van der Waals surface area contributed by atoms with Crippen molar-refractivity contribution in [2.45, 2.75) is 25.4 Å². The quantitative estimate of drug-likeness (QED) is 0.641. The minimum absolute atomic E-state index is 0.287. The molecule has 7 nitrogen and oxygen atoms in total. The minimum atomic E-state index is -0.594. The Balaban J connectivity index is 2.66. The average molecular weight is 273 g/mol. The zero-order chi connectivity index (χ0) is 14.3. The van der Waals surface area contributed by atoms with Crippen LogP contribution in [0.25, 0.3) is 0 Å². The molecule has 1 amide bonds. The van der Waals surface area contributed by atoms with Crippen molar-refractivity contribution in [3.05, 3.63) is 0 Å². The standard InChI is InChI=1S/C12H19NO6/c1-17-10(14)7-13(8-11(15)18-2)12(16)9-5-3-4-6-19-9/h9H,3-8H2,1-2H3. The molecule has 0 N–H and O–H groups in total. The van der Waals surface area contributed by atoms with Crippen molar-refractivity contribution in [1.29, 1.82) is 0 Å². The summed E-state index contributed by atoms with van der Waals surface area (Å²) >= 11 is 0. The predicted octanol–water partition coefficient (Wildman–Crippen LogP) is -0.270. The zero-order valence-electron chi connectivity index (χ0n) is 11.2. The van der Waals surface area contributed by atoms with Gasteiger partial charge in [0.15, 0.2) is 0 Å². The van der Waals surface area contributed by atoms with Gasteiger partial charge in [0.1, 0.15) is 19.2 Å². The molecule has 1 fully saturated rings. The molecule has 1 rings (SSSR count). The van der Waals surface area contributed by atoms with E-state index >= 15 is 0 Å². The lowest BCUT2D eigenvalue weighted by Crippen LogP contribution is -2.46. The first-order valence-corrected chi connectivity index (χ1v) is 6.12. The van der Waals surface area contributed by atoms with E-state index in [0.717, 1.165) is 17.7 Å². The van der Waals surface area contributed by atoms with Gasteiger partial charge in [0.2, 0.25) is 0 Å². The molecule has 108 valence electrons. The molecule has 0 aliphatic carbocycles. The number of hydrogen-bond acceptors (Lipinski definition) is 6. The smallest absolute Gasteiger partial charge is 0.325 e. The molecule has 0 aromatic heterocycles. The summed E-state index contributed by atoms with van der Waals surface area (Å²) in [6.07, 6.45) is 1.80. The second-order valence-electron chi connectivity index (χ2n) is 4.20. The summed E-state index contributed by atoms with van der Waals surface area (Å²) in [5.41, 5.74) is 0. The third-order valence-corrected chi connectivity index (χ3v) is 2.86. The molecule has 7 heteroatoms. The lowest BCUT2D eigenvalue weighted by atomic mass is 10.1. The van der Waals surface area contributed by atoms with Crippen LogP contribution in [0.5, 0.6) is 0 Å². The van der Waals surface area contributed by atoms with Crippen molar-refractivity contribution in [3.63, 3.8) is 0 Å². The molecular formula is C12H19NO6. The van der Waals surface area contributed by atoms with Gasteiger partial charge in [0, 0.05) is 6.61 Å². The van der Waals surface area contributed by atoms with E-state index in [0.29, 0.717) is 13.0 Å². The lowest BCUT2D eigenvalue weighted by molar-refractivity contribution is -0.158. The molecule has 19 heavy (non-hydrogen) atoms.